The summed E-state index contributed by atoms with van der Waals surface area (Å²) in [4.78, 5) is 24.7. The number of carbonyl (C=O) groups is 1. The first-order valence-electron chi connectivity index (χ1n) is 14.3. The van der Waals surface area contributed by atoms with Crippen LogP contribution >= 0.6 is 0 Å². The van der Waals surface area contributed by atoms with Gasteiger partial charge < -0.3 is 19.7 Å². The molecule has 1 aromatic heterocycles. The number of nitrogens with one attached hydrogen (secondary N) is 1. The molecule has 0 spiro atoms. The molecule has 0 unspecified atom stereocenters. The van der Waals surface area contributed by atoms with Gasteiger partial charge in [-0.25, -0.2) is 0 Å². The lowest BCUT2D eigenvalue weighted by Crippen LogP contribution is -2.56. The molecule has 0 saturated carbocycles. The van der Waals surface area contributed by atoms with Crippen LogP contribution < -0.4 is 15.0 Å². The number of hydrogen-bond acceptors (Lipinski definition) is 7. The Morgan fingerprint density at radius 2 is 1.97 bits per heavy atom. The largest absolute Gasteiger partial charge is 0.495 e. The average molecular weight is 522 g/mol. The molecular weight excluding hydrogens is 478 g/mol. The summed E-state index contributed by atoms with van der Waals surface area (Å²) in [5.41, 5.74) is 2.44. The van der Waals surface area contributed by atoms with Crippen molar-refractivity contribution < 1.29 is 14.3 Å². The second-order valence-electron chi connectivity index (χ2n) is 10.9. The monoisotopic (exact) mass is 521 g/mol. The van der Waals surface area contributed by atoms with Crippen LogP contribution in [0.15, 0.2) is 48.8 Å². The highest BCUT2D eigenvalue weighted by Crippen LogP contribution is 2.31. The number of methoxy groups -OCH3 is 1. The smallest absolute Gasteiger partial charge is 0.220 e. The van der Waals surface area contributed by atoms with Crippen LogP contribution in [0.5, 0.6) is 5.75 Å². The predicted molar refractivity (Wildman–Crippen MR) is 149 cm³/mol. The van der Waals surface area contributed by atoms with Gasteiger partial charge in [-0.05, 0) is 61.9 Å². The fourth-order valence-corrected chi connectivity index (χ4v) is 6.38. The van der Waals surface area contributed by atoms with Gasteiger partial charge in [0.2, 0.25) is 5.91 Å². The number of amides is 1. The maximum absolute atomic E-state index is 12.7. The zero-order chi connectivity index (χ0) is 26.2. The van der Waals surface area contributed by atoms with Crippen LogP contribution in [0.4, 0.5) is 5.69 Å². The van der Waals surface area contributed by atoms with Crippen LogP contribution in [-0.4, -0.2) is 92.4 Å². The van der Waals surface area contributed by atoms with Crippen LogP contribution in [-0.2, 0) is 16.1 Å². The number of anilines is 1. The first-order valence-corrected chi connectivity index (χ1v) is 14.3. The second kappa shape index (κ2) is 13.4. The molecule has 3 aliphatic heterocycles. The van der Waals surface area contributed by atoms with E-state index in [1.165, 1.54) is 11.3 Å². The highest BCUT2D eigenvalue weighted by atomic mass is 16.5. The van der Waals surface area contributed by atoms with Crippen molar-refractivity contribution in [2.24, 2.45) is 5.92 Å². The second-order valence-corrected chi connectivity index (χ2v) is 10.9. The summed E-state index contributed by atoms with van der Waals surface area (Å²) in [6.07, 6.45) is 8.77. The Balaban J connectivity index is 1.19. The minimum absolute atomic E-state index is 0.157. The molecule has 8 nitrogen and oxygen atoms in total. The van der Waals surface area contributed by atoms with Crippen LogP contribution in [0, 0.1) is 5.92 Å². The topological polar surface area (TPSA) is 70.2 Å². The Hall–Kier alpha value is -2.68. The van der Waals surface area contributed by atoms with Gasteiger partial charge in [-0.15, -0.1) is 0 Å². The van der Waals surface area contributed by atoms with E-state index in [0.717, 1.165) is 83.9 Å². The van der Waals surface area contributed by atoms with E-state index in [1.807, 2.05) is 30.6 Å². The standard InChI is InChI=1S/C30H43N5O3/c1-37-29-9-3-2-8-28(29)35-17-15-34(16-18-35)27-12-14-33(22-24-6-4-13-31-20-24)23-25(27)10-11-30(36)32-21-26-7-5-19-38-26/h2-4,6,8-9,13,20,25-27H,5,7,10-12,14-19,21-23H2,1H3,(H,32,36)/t25-,26-,27+/m0/s1. The molecule has 0 radical (unpaired) electrons. The number of hydrogen-bond donors (Lipinski definition) is 1. The van der Waals surface area contributed by atoms with Crippen molar-refractivity contribution in [1.29, 1.82) is 0 Å². The molecule has 1 N–H and O–H groups in total. The molecule has 4 heterocycles. The molecule has 3 fully saturated rings. The number of pyridine rings is 1. The van der Waals surface area contributed by atoms with Crippen molar-refractivity contribution in [1.82, 2.24) is 20.1 Å². The molecule has 5 rings (SSSR count). The number of benzene rings is 1. The van der Waals surface area contributed by atoms with Crippen molar-refractivity contribution >= 4 is 11.6 Å². The van der Waals surface area contributed by atoms with Crippen molar-refractivity contribution in [3.63, 3.8) is 0 Å². The molecule has 8 heteroatoms. The van der Waals surface area contributed by atoms with Gasteiger partial charge in [0, 0.05) is 77.3 Å². The number of nitrogens with zero attached hydrogens (tertiary/aromatic N) is 4. The van der Waals surface area contributed by atoms with Gasteiger partial charge in [0.05, 0.1) is 18.9 Å². The summed E-state index contributed by atoms with van der Waals surface area (Å²) in [6, 6.07) is 13.0. The summed E-state index contributed by atoms with van der Waals surface area (Å²) < 4.78 is 11.3. The van der Waals surface area contributed by atoms with E-state index in [4.69, 9.17) is 9.47 Å². The number of carbonyl (C=O) groups excluding carboxylic acids is 1. The Bertz CT molecular complexity index is 1010. The number of piperazine rings is 1. The molecule has 1 amide bonds. The van der Waals surface area contributed by atoms with E-state index < -0.39 is 0 Å². The maximum Gasteiger partial charge on any atom is 0.220 e. The molecule has 38 heavy (non-hydrogen) atoms. The van der Waals surface area contributed by atoms with Crippen LogP contribution in [0.2, 0.25) is 0 Å². The summed E-state index contributed by atoms with van der Waals surface area (Å²) in [5, 5.41) is 3.13. The molecule has 0 aliphatic carbocycles. The third-order valence-electron chi connectivity index (χ3n) is 8.41. The Kier molecular flexibility index (Phi) is 9.49. The SMILES string of the molecule is COc1ccccc1N1CCN([C@@H]2CCN(Cc3cccnc3)C[C@@H]2CCC(=O)NC[C@@H]2CCCO2)CC1. The first kappa shape index (κ1) is 26.9. The Morgan fingerprint density at radius 3 is 2.74 bits per heavy atom. The molecule has 3 atom stereocenters. The molecule has 1 aromatic carbocycles. The summed E-state index contributed by atoms with van der Waals surface area (Å²) >= 11 is 0. The Morgan fingerprint density at radius 1 is 1.11 bits per heavy atom. The Labute approximate surface area is 227 Å². The van der Waals surface area contributed by atoms with Gasteiger partial charge in [0.15, 0.2) is 0 Å². The van der Waals surface area contributed by atoms with Crippen molar-refractivity contribution in [2.75, 3.05) is 64.4 Å². The van der Waals surface area contributed by atoms with E-state index in [1.54, 1.807) is 7.11 Å². The predicted octanol–water partition coefficient (Wildman–Crippen LogP) is 3.18. The van der Waals surface area contributed by atoms with Gasteiger partial charge in [0.1, 0.15) is 5.75 Å². The minimum atomic E-state index is 0.157. The van der Waals surface area contributed by atoms with Crippen LogP contribution in [0.3, 0.4) is 0 Å². The average Bonchev–Trinajstić information content (AvgIpc) is 3.50. The lowest BCUT2D eigenvalue weighted by atomic mass is 9.86. The van der Waals surface area contributed by atoms with Gasteiger partial charge in [-0.3, -0.25) is 19.6 Å². The third-order valence-corrected chi connectivity index (χ3v) is 8.41. The summed E-state index contributed by atoms with van der Waals surface area (Å²) in [5.74, 6) is 1.56. The van der Waals surface area contributed by atoms with Crippen molar-refractivity contribution in [2.45, 2.75) is 50.8 Å². The molecule has 0 bridgehead atoms. The van der Waals surface area contributed by atoms with E-state index in [9.17, 15) is 4.79 Å². The molecular formula is C30H43N5O3. The van der Waals surface area contributed by atoms with Gasteiger partial charge in [0.25, 0.3) is 0 Å². The maximum atomic E-state index is 12.7. The minimum Gasteiger partial charge on any atom is -0.495 e. The third kappa shape index (κ3) is 7.04. The molecule has 2 aromatic rings. The fourth-order valence-electron chi connectivity index (χ4n) is 6.38. The van der Waals surface area contributed by atoms with Crippen LogP contribution in [0.25, 0.3) is 0 Å². The number of para-hydroxylation sites is 2. The van der Waals surface area contributed by atoms with Gasteiger partial charge in [-0.2, -0.15) is 0 Å². The van der Waals surface area contributed by atoms with E-state index in [-0.39, 0.29) is 12.0 Å². The summed E-state index contributed by atoms with van der Waals surface area (Å²) in [7, 11) is 1.75. The first-order chi connectivity index (χ1) is 18.7. The van der Waals surface area contributed by atoms with Crippen molar-refractivity contribution in [3.05, 3.63) is 54.4 Å². The highest BCUT2D eigenvalue weighted by molar-refractivity contribution is 5.75. The van der Waals surface area contributed by atoms with E-state index in [2.05, 4.69) is 43.2 Å². The summed E-state index contributed by atoms with van der Waals surface area (Å²) in [6.45, 7) is 8.53. The molecule has 206 valence electrons. The zero-order valence-corrected chi connectivity index (χ0v) is 22.8. The number of piperidine rings is 1. The molecule has 3 aliphatic rings. The van der Waals surface area contributed by atoms with Gasteiger partial charge in [-0.1, -0.05) is 18.2 Å². The van der Waals surface area contributed by atoms with Crippen LogP contribution in [0.1, 0.15) is 37.7 Å². The highest BCUT2D eigenvalue weighted by Gasteiger charge is 2.35. The zero-order valence-electron chi connectivity index (χ0n) is 22.8. The number of ether oxygens (including phenoxy) is 2. The normalized spacial score (nSPS) is 24.9. The van der Waals surface area contributed by atoms with E-state index in [0.29, 0.717) is 24.9 Å². The molecule has 3 saturated heterocycles. The number of likely N-dealkylation sites (tertiary alicyclic amines) is 1. The lowest BCUT2D eigenvalue weighted by molar-refractivity contribution is -0.122. The van der Waals surface area contributed by atoms with Crippen molar-refractivity contribution in [3.8, 4) is 5.75 Å². The van der Waals surface area contributed by atoms with E-state index >= 15 is 0 Å². The lowest BCUT2D eigenvalue weighted by Gasteiger charge is -2.47. The number of aromatic nitrogens is 1. The fraction of sp³-hybridized carbons (Fsp3) is 0.600. The van der Waals surface area contributed by atoms with Gasteiger partial charge >= 0.3 is 0 Å². The number of rotatable bonds is 10. The quantitative estimate of drug-likeness (QED) is 0.515.